The lowest BCUT2D eigenvalue weighted by Crippen LogP contribution is -2.05. The van der Waals surface area contributed by atoms with Crippen LogP contribution in [0.5, 0.6) is 17.2 Å². The molecule has 4 heteroatoms. The van der Waals surface area contributed by atoms with E-state index in [1.165, 1.54) is 12.1 Å². The van der Waals surface area contributed by atoms with Crippen LogP contribution in [0.25, 0.3) is 6.08 Å². The Morgan fingerprint density at radius 3 is 2.75 bits per heavy atom. The zero-order chi connectivity index (χ0) is 14.1. The molecule has 0 atom stereocenters. The summed E-state index contributed by atoms with van der Waals surface area (Å²) >= 11 is 0. The van der Waals surface area contributed by atoms with E-state index in [-0.39, 0.29) is 22.8 Å². The van der Waals surface area contributed by atoms with Crippen LogP contribution in [0.4, 0.5) is 0 Å². The van der Waals surface area contributed by atoms with Crippen LogP contribution in [0.15, 0.2) is 42.5 Å². The van der Waals surface area contributed by atoms with Gasteiger partial charge in [-0.05, 0) is 36.4 Å². The van der Waals surface area contributed by atoms with Crippen LogP contribution < -0.4 is 4.74 Å². The molecule has 0 unspecified atom stereocenters. The zero-order valence-electron chi connectivity index (χ0n) is 10.5. The second-order valence-electron chi connectivity index (χ2n) is 4.50. The largest absolute Gasteiger partial charge is 0.508 e. The summed E-state index contributed by atoms with van der Waals surface area (Å²) < 4.78 is 5.42. The van der Waals surface area contributed by atoms with Crippen LogP contribution in [0.2, 0.25) is 0 Å². The summed E-state index contributed by atoms with van der Waals surface area (Å²) in [7, 11) is 0. The molecule has 0 spiro atoms. The van der Waals surface area contributed by atoms with E-state index in [0.29, 0.717) is 12.2 Å². The second kappa shape index (κ2) is 4.74. The maximum Gasteiger partial charge on any atom is 0.196 e. The van der Waals surface area contributed by atoms with E-state index < -0.39 is 0 Å². The summed E-state index contributed by atoms with van der Waals surface area (Å²) in [6.07, 6.45) is 3.76. The lowest BCUT2D eigenvalue weighted by atomic mass is 9.99. The van der Waals surface area contributed by atoms with Gasteiger partial charge in [0.25, 0.3) is 0 Å². The molecular formula is C16H12O4. The Balaban J connectivity index is 2.01. The molecule has 20 heavy (non-hydrogen) atoms. The summed E-state index contributed by atoms with van der Waals surface area (Å²) in [5, 5.41) is 19.0. The fourth-order valence-corrected chi connectivity index (χ4v) is 2.13. The Labute approximate surface area is 115 Å². The van der Waals surface area contributed by atoms with Gasteiger partial charge in [0.1, 0.15) is 23.9 Å². The number of benzene rings is 2. The maximum atomic E-state index is 12.4. The molecule has 0 fully saturated rings. The van der Waals surface area contributed by atoms with E-state index in [4.69, 9.17) is 4.74 Å². The molecule has 3 rings (SSSR count). The Hall–Kier alpha value is -2.75. The SMILES string of the molecule is O=C(c1ccc2c(c1)C=CCO2)c1ccc(O)cc1O. The fourth-order valence-electron chi connectivity index (χ4n) is 2.13. The molecule has 0 bridgehead atoms. The number of rotatable bonds is 2. The number of aromatic hydroxyl groups is 2. The number of ether oxygens (including phenoxy) is 1. The number of carbonyl (C=O) groups excluding carboxylic acids is 1. The van der Waals surface area contributed by atoms with E-state index in [1.54, 1.807) is 18.2 Å². The third-order valence-corrected chi connectivity index (χ3v) is 3.13. The first-order valence-electron chi connectivity index (χ1n) is 6.15. The van der Waals surface area contributed by atoms with Crippen molar-refractivity contribution in [3.63, 3.8) is 0 Å². The summed E-state index contributed by atoms with van der Waals surface area (Å²) in [6.45, 7) is 0.527. The third-order valence-electron chi connectivity index (χ3n) is 3.13. The molecule has 1 aliphatic heterocycles. The van der Waals surface area contributed by atoms with E-state index in [2.05, 4.69) is 0 Å². The molecule has 100 valence electrons. The van der Waals surface area contributed by atoms with Gasteiger partial charge in [-0.2, -0.15) is 0 Å². The predicted molar refractivity (Wildman–Crippen MR) is 74.2 cm³/mol. The first kappa shape index (κ1) is 12.3. The average Bonchev–Trinajstić information content (AvgIpc) is 2.46. The van der Waals surface area contributed by atoms with Gasteiger partial charge in [0.05, 0.1) is 5.56 Å². The third kappa shape index (κ3) is 2.12. The van der Waals surface area contributed by atoms with Crippen molar-refractivity contribution in [1.82, 2.24) is 0 Å². The highest BCUT2D eigenvalue weighted by Crippen LogP contribution is 2.28. The van der Waals surface area contributed by atoms with Crippen molar-refractivity contribution in [1.29, 1.82) is 0 Å². The van der Waals surface area contributed by atoms with Gasteiger partial charge in [0, 0.05) is 17.2 Å². The molecule has 0 aromatic heterocycles. The number of carbonyl (C=O) groups is 1. The minimum Gasteiger partial charge on any atom is -0.508 e. The first-order valence-corrected chi connectivity index (χ1v) is 6.15. The monoisotopic (exact) mass is 268 g/mol. The van der Waals surface area contributed by atoms with Crippen LogP contribution in [0.1, 0.15) is 21.5 Å². The summed E-state index contributed by atoms with van der Waals surface area (Å²) in [6, 6.07) is 9.04. The van der Waals surface area contributed by atoms with Crippen molar-refractivity contribution in [2.45, 2.75) is 0 Å². The molecule has 1 heterocycles. The summed E-state index contributed by atoms with van der Waals surface area (Å²) in [4.78, 5) is 12.4. The molecule has 1 aliphatic rings. The molecule has 0 radical (unpaired) electrons. The van der Waals surface area contributed by atoms with Crippen LogP contribution >= 0.6 is 0 Å². The molecule has 0 saturated heterocycles. The van der Waals surface area contributed by atoms with E-state index in [9.17, 15) is 15.0 Å². The summed E-state index contributed by atoms with van der Waals surface area (Å²) in [5.74, 6) is 0.114. The van der Waals surface area contributed by atoms with Gasteiger partial charge in [-0.1, -0.05) is 6.08 Å². The van der Waals surface area contributed by atoms with Crippen LogP contribution in [-0.4, -0.2) is 22.6 Å². The number of ketones is 1. The predicted octanol–water partition coefficient (Wildman–Crippen LogP) is 2.73. The van der Waals surface area contributed by atoms with E-state index >= 15 is 0 Å². The maximum absolute atomic E-state index is 12.4. The standard InChI is InChI=1S/C16H12O4/c17-12-4-5-13(14(18)9-12)16(19)11-3-6-15-10(8-11)2-1-7-20-15/h1-6,8-9,17-18H,7H2. The van der Waals surface area contributed by atoms with Gasteiger partial charge in [-0.25, -0.2) is 0 Å². The molecule has 2 aromatic rings. The highest BCUT2D eigenvalue weighted by atomic mass is 16.5. The number of hydrogen-bond acceptors (Lipinski definition) is 4. The number of hydrogen-bond donors (Lipinski definition) is 2. The van der Waals surface area contributed by atoms with E-state index in [1.807, 2.05) is 12.2 Å². The minimum atomic E-state index is -0.302. The minimum absolute atomic E-state index is 0.0826. The highest BCUT2D eigenvalue weighted by molar-refractivity contribution is 6.11. The van der Waals surface area contributed by atoms with Crippen LogP contribution in [0, 0.1) is 0 Å². The Bertz CT molecular complexity index is 716. The normalized spacial score (nSPS) is 12.6. The van der Waals surface area contributed by atoms with Crippen molar-refractivity contribution in [3.05, 3.63) is 59.2 Å². The topological polar surface area (TPSA) is 66.8 Å². The zero-order valence-corrected chi connectivity index (χ0v) is 10.5. The van der Waals surface area contributed by atoms with Crippen molar-refractivity contribution in [2.24, 2.45) is 0 Å². The lowest BCUT2D eigenvalue weighted by Gasteiger charge is -2.13. The van der Waals surface area contributed by atoms with Gasteiger partial charge in [-0.15, -0.1) is 0 Å². The number of phenols is 2. The van der Waals surface area contributed by atoms with Crippen LogP contribution in [-0.2, 0) is 0 Å². The Morgan fingerprint density at radius 2 is 1.95 bits per heavy atom. The Kier molecular flexibility index (Phi) is 2.91. The van der Waals surface area contributed by atoms with Gasteiger partial charge >= 0.3 is 0 Å². The van der Waals surface area contributed by atoms with Crippen molar-refractivity contribution >= 4 is 11.9 Å². The molecular weight excluding hydrogens is 256 g/mol. The summed E-state index contributed by atoms with van der Waals surface area (Å²) in [5.41, 5.74) is 1.45. The fraction of sp³-hybridized carbons (Fsp3) is 0.0625. The lowest BCUT2D eigenvalue weighted by molar-refractivity contribution is 0.103. The molecule has 2 N–H and O–H groups in total. The number of fused-ring (bicyclic) bond motifs is 1. The quantitative estimate of drug-likeness (QED) is 0.822. The van der Waals surface area contributed by atoms with Gasteiger partial charge in [0.2, 0.25) is 0 Å². The Morgan fingerprint density at radius 1 is 1.10 bits per heavy atom. The number of phenolic OH excluding ortho intramolecular Hbond substituents is 2. The van der Waals surface area contributed by atoms with Gasteiger partial charge in [0.15, 0.2) is 5.78 Å². The second-order valence-corrected chi connectivity index (χ2v) is 4.50. The first-order chi connectivity index (χ1) is 9.65. The van der Waals surface area contributed by atoms with Crippen molar-refractivity contribution in [3.8, 4) is 17.2 Å². The smallest absolute Gasteiger partial charge is 0.196 e. The molecule has 0 saturated carbocycles. The van der Waals surface area contributed by atoms with Crippen LogP contribution in [0.3, 0.4) is 0 Å². The molecule has 0 amide bonds. The van der Waals surface area contributed by atoms with Crippen molar-refractivity contribution < 1.29 is 19.7 Å². The average molecular weight is 268 g/mol. The van der Waals surface area contributed by atoms with Crippen molar-refractivity contribution in [2.75, 3.05) is 6.61 Å². The van der Waals surface area contributed by atoms with Gasteiger partial charge < -0.3 is 14.9 Å². The molecule has 0 aliphatic carbocycles. The van der Waals surface area contributed by atoms with E-state index in [0.717, 1.165) is 17.4 Å². The molecule has 2 aromatic carbocycles. The highest BCUT2D eigenvalue weighted by Gasteiger charge is 2.16. The molecule has 4 nitrogen and oxygen atoms in total. The van der Waals surface area contributed by atoms with Gasteiger partial charge in [-0.3, -0.25) is 4.79 Å².